The number of guanidine groups is 1. The number of nitrogens with one attached hydrogen (secondary N) is 1. The van der Waals surface area contributed by atoms with Crippen molar-refractivity contribution in [1.82, 2.24) is 10.3 Å². The van der Waals surface area contributed by atoms with Gasteiger partial charge in [-0.3, -0.25) is 4.99 Å². The maximum absolute atomic E-state index is 5.85. The largest absolute Gasteiger partial charge is 0.370 e. The van der Waals surface area contributed by atoms with Crippen LogP contribution in [-0.2, 0) is 0 Å². The van der Waals surface area contributed by atoms with Crippen molar-refractivity contribution in [3.8, 4) is 0 Å². The maximum Gasteiger partial charge on any atom is 0.188 e. The molecule has 5 heteroatoms. The number of hydrogen-bond donors (Lipinski definition) is 2. The first-order chi connectivity index (χ1) is 8.65. The molecule has 1 heterocycles. The molecule has 0 saturated heterocycles. The van der Waals surface area contributed by atoms with Crippen LogP contribution in [0.1, 0.15) is 42.0 Å². The normalized spacial score (nSPS) is 18.4. The lowest BCUT2D eigenvalue weighted by Gasteiger charge is -2.25. The molecule has 0 radical (unpaired) electrons. The van der Waals surface area contributed by atoms with Gasteiger partial charge in [-0.15, -0.1) is 11.3 Å². The van der Waals surface area contributed by atoms with Crippen molar-refractivity contribution in [3.63, 3.8) is 0 Å². The number of thiazole rings is 1. The summed E-state index contributed by atoms with van der Waals surface area (Å²) >= 11 is 1.74. The van der Waals surface area contributed by atoms with Crippen molar-refractivity contribution < 1.29 is 0 Å². The summed E-state index contributed by atoms with van der Waals surface area (Å²) < 4.78 is 0. The minimum atomic E-state index is 0.341. The Bertz CT molecular complexity index is 409. The first-order valence-electron chi connectivity index (χ1n) is 6.61. The van der Waals surface area contributed by atoms with E-state index in [1.165, 1.54) is 24.1 Å². The minimum absolute atomic E-state index is 0.341. The standard InChI is InChI=1S/C13H22N4S/c1-9(12-15-7-10(2)18-12)6-16-13(14)17-8-11-4-3-5-11/h7,9,11H,3-6,8H2,1-2H3,(H3,14,16,17). The number of rotatable bonds is 5. The highest BCUT2D eigenvalue weighted by atomic mass is 32.1. The SMILES string of the molecule is Cc1cnc(C(C)CN=C(N)NCC2CCC2)s1. The predicted molar refractivity (Wildman–Crippen MR) is 77.1 cm³/mol. The molecule has 1 aromatic heterocycles. The van der Waals surface area contributed by atoms with Gasteiger partial charge >= 0.3 is 0 Å². The van der Waals surface area contributed by atoms with Gasteiger partial charge in [-0.2, -0.15) is 0 Å². The Morgan fingerprint density at radius 1 is 1.67 bits per heavy atom. The van der Waals surface area contributed by atoms with Crippen molar-refractivity contribution in [1.29, 1.82) is 0 Å². The van der Waals surface area contributed by atoms with Gasteiger partial charge in [-0.25, -0.2) is 4.98 Å². The Kier molecular flexibility index (Phi) is 4.58. The minimum Gasteiger partial charge on any atom is -0.370 e. The van der Waals surface area contributed by atoms with Crippen LogP contribution in [-0.4, -0.2) is 24.0 Å². The quantitative estimate of drug-likeness (QED) is 0.635. The fraction of sp³-hybridized carbons (Fsp3) is 0.692. The van der Waals surface area contributed by atoms with Gasteiger partial charge in [0, 0.05) is 23.5 Å². The second-order valence-electron chi connectivity index (χ2n) is 5.11. The molecule has 1 aliphatic carbocycles. The molecule has 0 spiro atoms. The third kappa shape index (κ3) is 3.70. The van der Waals surface area contributed by atoms with Gasteiger partial charge in [0.1, 0.15) is 0 Å². The van der Waals surface area contributed by atoms with Gasteiger partial charge in [0.25, 0.3) is 0 Å². The summed E-state index contributed by atoms with van der Waals surface area (Å²) in [5.41, 5.74) is 5.85. The molecule has 3 N–H and O–H groups in total. The number of aryl methyl sites for hydroxylation is 1. The zero-order valence-electron chi connectivity index (χ0n) is 11.1. The maximum atomic E-state index is 5.85. The molecule has 1 fully saturated rings. The molecule has 18 heavy (non-hydrogen) atoms. The van der Waals surface area contributed by atoms with Gasteiger partial charge in [0.05, 0.1) is 11.6 Å². The van der Waals surface area contributed by atoms with E-state index >= 15 is 0 Å². The van der Waals surface area contributed by atoms with E-state index in [0.717, 1.165) is 17.5 Å². The molecular weight excluding hydrogens is 244 g/mol. The lowest BCUT2D eigenvalue weighted by Crippen LogP contribution is -2.37. The third-order valence-corrected chi connectivity index (χ3v) is 4.54. The van der Waals surface area contributed by atoms with Gasteiger partial charge in [-0.05, 0) is 25.7 Å². The van der Waals surface area contributed by atoms with Crippen LogP contribution in [0.5, 0.6) is 0 Å². The van der Waals surface area contributed by atoms with Crippen LogP contribution in [0, 0.1) is 12.8 Å². The zero-order chi connectivity index (χ0) is 13.0. The van der Waals surface area contributed by atoms with Gasteiger partial charge in [0.2, 0.25) is 0 Å². The summed E-state index contributed by atoms with van der Waals surface area (Å²) in [4.78, 5) is 10.0. The fourth-order valence-electron chi connectivity index (χ4n) is 1.92. The van der Waals surface area contributed by atoms with Crippen LogP contribution in [0.3, 0.4) is 0 Å². The summed E-state index contributed by atoms with van der Waals surface area (Å²) in [6.45, 7) is 5.89. The van der Waals surface area contributed by atoms with Crippen LogP contribution < -0.4 is 11.1 Å². The highest BCUT2D eigenvalue weighted by molar-refractivity contribution is 7.11. The van der Waals surface area contributed by atoms with E-state index in [2.05, 4.69) is 29.1 Å². The number of hydrogen-bond acceptors (Lipinski definition) is 3. The van der Waals surface area contributed by atoms with E-state index in [0.29, 0.717) is 18.4 Å². The molecular formula is C13H22N4S. The Balaban J connectivity index is 1.74. The van der Waals surface area contributed by atoms with Crippen molar-refractivity contribution in [3.05, 3.63) is 16.1 Å². The molecule has 100 valence electrons. The fourth-order valence-corrected chi connectivity index (χ4v) is 2.73. The lowest BCUT2D eigenvalue weighted by molar-refractivity contribution is 0.315. The Morgan fingerprint density at radius 3 is 3.00 bits per heavy atom. The van der Waals surface area contributed by atoms with Crippen molar-refractivity contribution in [2.24, 2.45) is 16.6 Å². The van der Waals surface area contributed by atoms with Crippen LogP contribution in [0.2, 0.25) is 0 Å². The van der Waals surface area contributed by atoms with E-state index < -0.39 is 0 Å². The van der Waals surface area contributed by atoms with E-state index in [1.807, 2.05) is 6.20 Å². The molecule has 4 nitrogen and oxygen atoms in total. The summed E-state index contributed by atoms with van der Waals surface area (Å²) in [5.74, 6) is 1.72. The Labute approximate surface area is 113 Å². The molecule has 1 aliphatic rings. The topological polar surface area (TPSA) is 63.3 Å². The van der Waals surface area contributed by atoms with E-state index in [9.17, 15) is 0 Å². The zero-order valence-corrected chi connectivity index (χ0v) is 12.0. The number of aliphatic imine (C=N–C) groups is 1. The van der Waals surface area contributed by atoms with Crippen molar-refractivity contribution in [2.45, 2.75) is 39.0 Å². The van der Waals surface area contributed by atoms with Crippen LogP contribution in [0.4, 0.5) is 0 Å². The van der Waals surface area contributed by atoms with Gasteiger partial charge < -0.3 is 11.1 Å². The first-order valence-corrected chi connectivity index (χ1v) is 7.43. The number of aromatic nitrogens is 1. The summed E-state index contributed by atoms with van der Waals surface area (Å²) in [6.07, 6.45) is 5.94. The molecule has 0 amide bonds. The van der Waals surface area contributed by atoms with Crippen molar-refractivity contribution >= 4 is 17.3 Å². The summed E-state index contributed by atoms with van der Waals surface area (Å²) in [7, 11) is 0. The smallest absolute Gasteiger partial charge is 0.188 e. The predicted octanol–water partition coefficient (Wildman–Crippen LogP) is 2.26. The summed E-state index contributed by atoms with van der Waals surface area (Å²) in [6, 6.07) is 0. The molecule has 1 aromatic rings. The monoisotopic (exact) mass is 266 g/mol. The second kappa shape index (κ2) is 6.18. The van der Waals surface area contributed by atoms with Crippen molar-refractivity contribution in [2.75, 3.05) is 13.1 Å². The molecule has 0 bridgehead atoms. The van der Waals surface area contributed by atoms with Gasteiger partial charge in [-0.1, -0.05) is 13.3 Å². The Hall–Kier alpha value is -1.10. The third-order valence-electron chi connectivity index (χ3n) is 3.39. The number of nitrogens with two attached hydrogens (primary N) is 1. The van der Waals surface area contributed by atoms with Crippen LogP contribution in [0.25, 0.3) is 0 Å². The van der Waals surface area contributed by atoms with E-state index in [-0.39, 0.29) is 0 Å². The molecule has 2 rings (SSSR count). The summed E-state index contributed by atoms with van der Waals surface area (Å²) in [5, 5.41) is 4.35. The van der Waals surface area contributed by atoms with Crippen LogP contribution in [0.15, 0.2) is 11.2 Å². The molecule has 0 aromatic carbocycles. The first kappa shape index (κ1) is 13.3. The molecule has 1 atom stereocenters. The lowest BCUT2D eigenvalue weighted by atomic mass is 9.85. The van der Waals surface area contributed by atoms with E-state index in [1.54, 1.807) is 11.3 Å². The number of nitrogens with zero attached hydrogens (tertiary/aromatic N) is 2. The van der Waals surface area contributed by atoms with Gasteiger partial charge in [0.15, 0.2) is 5.96 Å². The molecule has 1 saturated carbocycles. The average molecular weight is 266 g/mol. The Morgan fingerprint density at radius 2 is 2.44 bits per heavy atom. The highest BCUT2D eigenvalue weighted by Gasteiger charge is 2.16. The molecule has 1 unspecified atom stereocenters. The molecule has 0 aliphatic heterocycles. The van der Waals surface area contributed by atoms with Crippen LogP contribution >= 0.6 is 11.3 Å². The highest BCUT2D eigenvalue weighted by Crippen LogP contribution is 2.25. The second-order valence-corrected chi connectivity index (χ2v) is 6.38. The average Bonchev–Trinajstić information content (AvgIpc) is 2.70. The van der Waals surface area contributed by atoms with E-state index in [4.69, 9.17) is 5.73 Å².